The fourth-order valence-corrected chi connectivity index (χ4v) is 2.44. The molecule has 0 bridgehead atoms. The summed E-state index contributed by atoms with van der Waals surface area (Å²) in [5.74, 6) is 0. The molecule has 0 atom stereocenters. The fraction of sp³-hybridized carbons (Fsp3) is 0. The molecule has 0 unspecified atom stereocenters. The summed E-state index contributed by atoms with van der Waals surface area (Å²) in [6, 6.07) is 4.14. The molecule has 1 aromatic rings. The maximum atomic E-state index is 3.38. The van der Waals surface area contributed by atoms with Crippen molar-refractivity contribution in [2.75, 3.05) is 0 Å². The van der Waals surface area contributed by atoms with Crippen LogP contribution in [0.1, 0.15) is 4.88 Å². The molecule has 0 fully saturated rings. The Kier molecular flexibility index (Phi) is 3.21. The first kappa shape index (κ1) is 7.75. The summed E-state index contributed by atoms with van der Waals surface area (Å²) in [7, 11) is 0. The minimum atomic E-state index is 1.19. The Morgan fingerprint density at radius 2 is 2.33 bits per heavy atom. The highest BCUT2D eigenvalue weighted by atomic mass is 127. The van der Waals surface area contributed by atoms with Crippen LogP contribution in [0.2, 0.25) is 0 Å². The maximum absolute atomic E-state index is 3.38. The van der Waals surface area contributed by atoms with Crippen molar-refractivity contribution in [3.8, 4) is 0 Å². The Balaban J connectivity index is 2.85. The molecule has 48 valence electrons. The zero-order chi connectivity index (χ0) is 6.69. The average molecular weight is 315 g/mol. The van der Waals surface area contributed by atoms with Crippen LogP contribution in [0.5, 0.6) is 0 Å². The van der Waals surface area contributed by atoms with Gasteiger partial charge in [0.1, 0.15) is 0 Å². The lowest BCUT2D eigenvalue weighted by molar-refractivity contribution is 1.93. The van der Waals surface area contributed by atoms with Crippen LogP contribution in [0.15, 0.2) is 20.0 Å². The van der Waals surface area contributed by atoms with Crippen LogP contribution in [0.3, 0.4) is 0 Å². The largest absolute Gasteiger partial charge is 0.129 e. The van der Waals surface area contributed by atoms with Crippen LogP contribution in [-0.2, 0) is 0 Å². The third-order valence-electron chi connectivity index (χ3n) is 0.821. The number of thiophene rings is 1. The van der Waals surface area contributed by atoms with Crippen LogP contribution in [0, 0.1) is 0 Å². The van der Waals surface area contributed by atoms with Crippen LogP contribution in [0.25, 0.3) is 6.08 Å². The van der Waals surface area contributed by atoms with Gasteiger partial charge in [0.15, 0.2) is 0 Å². The Morgan fingerprint density at radius 3 is 2.78 bits per heavy atom. The van der Waals surface area contributed by atoms with Gasteiger partial charge in [0, 0.05) is 4.88 Å². The number of rotatable bonds is 1. The zero-order valence-corrected chi connectivity index (χ0v) is 9.03. The van der Waals surface area contributed by atoms with Gasteiger partial charge >= 0.3 is 0 Å². The second kappa shape index (κ2) is 3.73. The van der Waals surface area contributed by atoms with Crippen molar-refractivity contribution in [3.05, 3.63) is 24.9 Å². The molecule has 0 aliphatic heterocycles. The molecule has 9 heavy (non-hydrogen) atoms. The van der Waals surface area contributed by atoms with Gasteiger partial charge in [0.2, 0.25) is 0 Å². The van der Waals surface area contributed by atoms with Crippen molar-refractivity contribution in [1.82, 2.24) is 0 Å². The third-order valence-corrected chi connectivity index (χ3v) is 2.77. The van der Waals surface area contributed by atoms with E-state index in [4.69, 9.17) is 0 Å². The summed E-state index contributed by atoms with van der Waals surface area (Å²) in [5, 5.41) is 0. The summed E-state index contributed by atoms with van der Waals surface area (Å²) in [5.41, 5.74) is 0. The van der Waals surface area contributed by atoms with E-state index in [0.717, 1.165) is 0 Å². The summed E-state index contributed by atoms with van der Waals surface area (Å²) >= 11 is 7.33. The van der Waals surface area contributed by atoms with E-state index in [1.807, 2.05) is 4.08 Å². The normalized spacial score (nSPS) is 10.9. The minimum Gasteiger partial charge on any atom is -0.129 e. The van der Waals surface area contributed by atoms with Crippen LogP contribution >= 0.6 is 49.9 Å². The van der Waals surface area contributed by atoms with Gasteiger partial charge in [-0.25, -0.2) is 0 Å². The highest BCUT2D eigenvalue weighted by molar-refractivity contribution is 14.1. The monoisotopic (exact) mass is 314 g/mol. The minimum absolute atomic E-state index is 1.19. The number of halogens is 2. The second-order valence-electron chi connectivity index (χ2n) is 1.43. The maximum Gasteiger partial charge on any atom is 0.0704 e. The Hall–Kier alpha value is 0.650. The molecular weight excluding hydrogens is 311 g/mol. The van der Waals surface area contributed by atoms with Crippen LogP contribution in [0.4, 0.5) is 0 Å². The first-order chi connectivity index (χ1) is 4.33. The van der Waals surface area contributed by atoms with Gasteiger partial charge in [-0.1, -0.05) is 22.6 Å². The highest BCUT2D eigenvalue weighted by Crippen LogP contribution is 2.23. The smallest absolute Gasteiger partial charge is 0.0704 e. The van der Waals surface area contributed by atoms with E-state index in [2.05, 4.69) is 56.7 Å². The van der Waals surface area contributed by atoms with E-state index in [1.54, 1.807) is 11.3 Å². The molecular formula is C6H4BrIS. The van der Waals surface area contributed by atoms with Crippen molar-refractivity contribution in [2.45, 2.75) is 0 Å². The van der Waals surface area contributed by atoms with Crippen LogP contribution < -0.4 is 0 Å². The number of hydrogen-bond acceptors (Lipinski definition) is 1. The summed E-state index contributed by atoms with van der Waals surface area (Å²) < 4.78 is 3.20. The van der Waals surface area contributed by atoms with Crippen molar-refractivity contribution in [3.63, 3.8) is 0 Å². The Bertz CT molecular complexity index is 217. The van der Waals surface area contributed by atoms with E-state index in [-0.39, 0.29) is 0 Å². The van der Waals surface area contributed by atoms with E-state index in [0.29, 0.717) is 0 Å². The molecule has 0 N–H and O–H groups in total. The van der Waals surface area contributed by atoms with E-state index >= 15 is 0 Å². The Labute approximate surface area is 80.2 Å². The standard InChI is InChI=1S/C6H4BrIS/c7-6-2-1-5(9-6)3-4-8/h1-4H. The first-order valence-electron chi connectivity index (χ1n) is 2.35. The predicted octanol–water partition coefficient (Wildman–Crippen LogP) is 3.92. The van der Waals surface area contributed by atoms with Gasteiger partial charge in [-0.2, -0.15) is 0 Å². The van der Waals surface area contributed by atoms with E-state index in [9.17, 15) is 0 Å². The van der Waals surface area contributed by atoms with Crippen molar-refractivity contribution in [2.24, 2.45) is 0 Å². The van der Waals surface area contributed by atoms with Crippen molar-refractivity contribution < 1.29 is 0 Å². The quantitative estimate of drug-likeness (QED) is 0.689. The summed E-state index contributed by atoms with van der Waals surface area (Å²) in [6.07, 6.45) is 2.08. The lowest BCUT2D eigenvalue weighted by Gasteiger charge is -1.75. The average Bonchev–Trinajstić information content (AvgIpc) is 2.17. The molecule has 0 saturated heterocycles. The van der Waals surface area contributed by atoms with Crippen molar-refractivity contribution >= 4 is 55.9 Å². The zero-order valence-electron chi connectivity index (χ0n) is 4.47. The second-order valence-corrected chi connectivity index (χ2v) is 4.65. The first-order valence-corrected chi connectivity index (χ1v) is 5.20. The van der Waals surface area contributed by atoms with Gasteiger partial charge in [-0.15, -0.1) is 11.3 Å². The lowest BCUT2D eigenvalue weighted by atomic mass is 10.5. The number of hydrogen-bond donors (Lipinski definition) is 0. The molecule has 0 saturated carbocycles. The summed E-state index contributed by atoms with van der Waals surface area (Å²) in [4.78, 5) is 1.29. The molecule has 0 radical (unpaired) electrons. The molecule has 0 aromatic carbocycles. The molecule has 0 aliphatic carbocycles. The Morgan fingerprint density at radius 1 is 1.56 bits per heavy atom. The lowest BCUT2D eigenvalue weighted by Crippen LogP contribution is -1.48. The molecule has 0 nitrogen and oxygen atoms in total. The van der Waals surface area contributed by atoms with Gasteiger partial charge in [0.25, 0.3) is 0 Å². The molecule has 0 aliphatic rings. The highest BCUT2D eigenvalue weighted by Gasteiger charge is 1.89. The molecule has 0 spiro atoms. The van der Waals surface area contributed by atoms with Gasteiger partial charge < -0.3 is 0 Å². The molecule has 1 rings (SSSR count). The van der Waals surface area contributed by atoms with Gasteiger partial charge in [0.05, 0.1) is 3.79 Å². The third kappa shape index (κ3) is 2.39. The molecule has 1 aromatic heterocycles. The SMILES string of the molecule is Brc1ccc(C=CI)s1. The van der Waals surface area contributed by atoms with E-state index in [1.165, 1.54) is 8.66 Å². The van der Waals surface area contributed by atoms with Gasteiger partial charge in [-0.3, -0.25) is 0 Å². The van der Waals surface area contributed by atoms with Crippen LogP contribution in [-0.4, -0.2) is 0 Å². The topological polar surface area (TPSA) is 0 Å². The summed E-state index contributed by atoms with van der Waals surface area (Å²) in [6.45, 7) is 0. The van der Waals surface area contributed by atoms with Gasteiger partial charge in [-0.05, 0) is 38.2 Å². The van der Waals surface area contributed by atoms with Crippen molar-refractivity contribution in [1.29, 1.82) is 0 Å². The molecule has 1 heterocycles. The molecule has 0 amide bonds. The molecule has 3 heteroatoms. The van der Waals surface area contributed by atoms with E-state index < -0.39 is 0 Å². The predicted molar refractivity (Wildman–Crippen MR) is 55.1 cm³/mol. The fourth-order valence-electron chi connectivity index (χ4n) is 0.480.